The molecule has 196 valence electrons. The number of allylic oxidation sites excluding steroid dienone is 8. The fourth-order valence-electron chi connectivity index (χ4n) is 4.76. The maximum Gasteiger partial charge on any atom is 0.161 e. The minimum Gasteiger partial charge on any atom is -0.501 e. The third-order valence-corrected chi connectivity index (χ3v) is 8.64. The van der Waals surface area contributed by atoms with Crippen LogP contribution in [0.25, 0.3) is 0 Å². The van der Waals surface area contributed by atoms with Crippen molar-refractivity contribution in [3.05, 3.63) is 89.2 Å². The Bertz CT molecular complexity index is 1240. The Balaban J connectivity index is 1.74. The van der Waals surface area contributed by atoms with Gasteiger partial charge in [-0.25, -0.2) is 0 Å². The van der Waals surface area contributed by atoms with Crippen molar-refractivity contribution in [1.82, 2.24) is 0 Å². The molecule has 2 aliphatic rings. The maximum absolute atomic E-state index is 6.33. The first-order valence-electron chi connectivity index (χ1n) is 13.7. The van der Waals surface area contributed by atoms with Crippen molar-refractivity contribution in [3.63, 3.8) is 0 Å². The van der Waals surface area contributed by atoms with Gasteiger partial charge < -0.3 is 15.2 Å². The molecule has 8 heteroatoms. The van der Waals surface area contributed by atoms with E-state index in [1.807, 2.05) is 32.2 Å². The van der Waals surface area contributed by atoms with Gasteiger partial charge in [-0.15, -0.1) is 5.46 Å². The lowest BCUT2D eigenvalue weighted by Gasteiger charge is -2.30. The quantitative estimate of drug-likeness (QED) is 0.384. The summed E-state index contributed by atoms with van der Waals surface area (Å²) < 4.78 is 12.0. The first-order valence-corrected chi connectivity index (χ1v) is 13.7. The van der Waals surface area contributed by atoms with Crippen molar-refractivity contribution in [3.8, 4) is 0 Å². The van der Waals surface area contributed by atoms with Gasteiger partial charge in [0.05, 0.1) is 12.2 Å². The molecule has 2 aliphatic carbocycles. The molecule has 1 aromatic carbocycles. The highest BCUT2D eigenvalue weighted by molar-refractivity contribution is 6.65. The second kappa shape index (κ2) is 12.2. The molecule has 4 nitrogen and oxygen atoms in total. The molecular formula is C30H42B4N2O2. The summed E-state index contributed by atoms with van der Waals surface area (Å²) in [5.41, 5.74) is 12.7. The van der Waals surface area contributed by atoms with Crippen LogP contribution in [0.3, 0.4) is 0 Å². The molecule has 3 rings (SSSR count). The largest absolute Gasteiger partial charge is 0.501 e. The Labute approximate surface area is 233 Å². The average molecular weight is 506 g/mol. The summed E-state index contributed by atoms with van der Waals surface area (Å²) in [6, 6.07) is 4.45. The molecule has 0 heterocycles. The molecule has 0 spiro atoms. The molecule has 0 radical (unpaired) electrons. The fraction of sp³-hybridized carbons (Fsp3) is 0.367. The maximum atomic E-state index is 6.33. The van der Waals surface area contributed by atoms with E-state index in [1.54, 1.807) is 0 Å². The van der Waals surface area contributed by atoms with E-state index in [-0.39, 0.29) is 10.8 Å². The number of nitrogens with two attached hydrogens (primary N) is 1. The highest BCUT2D eigenvalue weighted by atomic mass is 16.5. The van der Waals surface area contributed by atoms with Gasteiger partial charge >= 0.3 is 0 Å². The van der Waals surface area contributed by atoms with Crippen molar-refractivity contribution in [1.29, 1.82) is 0 Å². The second-order valence-electron chi connectivity index (χ2n) is 11.4. The normalized spacial score (nSPS) is 23.8. The van der Waals surface area contributed by atoms with Gasteiger partial charge in [-0.05, 0) is 42.5 Å². The number of ether oxygens (including phenoxy) is 2. The number of hydrogen-bond donors (Lipinski definition) is 1. The molecular weight excluding hydrogens is 464 g/mol. The van der Waals surface area contributed by atoms with E-state index in [1.165, 1.54) is 22.0 Å². The molecule has 0 bridgehead atoms. The molecule has 0 fully saturated rings. The van der Waals surface area contributed by atoms with Gasteiger partial charge in [0.25, 0.3) is 0 Å². The van der Waals surface area contributed by atoms with Gasteiger partial charge in [-0.1, -0.05) is 87.8 Å². The fourth-order valence-corrected chi connectivity index (χ4v) is 4.76. The Kier molecular flexibility index (Phi) is 9.51. The van der Waals surface area contributed by atoms with E-state index in [0.717, 1.165) is 24.5 Å². The molecule has 0 aromatic heterocycles. The van der Waals surface area contributed by atoms with Crippen LogP contribution in [0.1, 0.15) is 40.2 Å². The predicted octanol–water partition coefficient (Wildman–Crippen LogP) is 1.20. The number of benzene rings is 1. The molecule has 0 saturated heterocycles. The summed E-state index contributed by atoms with van der Waals surface area (Å²) in [6.45, 7) is 16.0. The zero-order chi connectivity index (χ0) is 28.1. The summed E-state index contributed by atoms with van der Waals surface area (Å²) in [7, 11) is 7.34. The van der Waals surface area contributed by atoms with Crippen LogP contribution in [-0.4, -0.2) is 44.0 Å². The van der Waals surface area contributed by atoms with Crippen LogP contribution in [0, 0.1) is 16.7 Å². The third-order valence-electron chi connectivity index (χ3n) is 8.64. The van der Waals surface area contributed by atoms with Crippen molar-refractivity contribution in [2.24, 2.45) is 27.5 Å². The summed E-state index contributed by atoms with van der Waals surface area (Å²) in [5.74, 6) is 2.34. The van der Waals surface area contributed by atoms with Crippen molar-refractivity contribution >= 4 is 53.9 Å². The molecule has 0 amide bonds. The number of nitrogens with zero attached hydrogens (tertiary/aromatic N) is 1. The lowest BCUT2D eigenvalue weighted by molar-refractivity contribution is 0.209. The van der Waals surface area contributed by atoms with Gasteiger partial charge in [0, 0.05) is 10.8 Å². The van der Waals surface area contributed by atoms with Crippen LogP contribution in [0.5, 0.6) is 0 Å². The van der Waals surface area contributed by atoms with Crippen molar-refractivity contribution < 1.29 is 9.47 Å². The molecule has 2 N–H and O–H groups in total. The van der Waals surface area contributed by atoms with Gasteiger partial charge in [0.2, 0.25) is 0 Å². The van der Waals surface area contributed by atoms with Gasteiger partial charge in [-0.3, -0.25) is 4.99 Å². The first kappa shape index (κ1) is 29.5. The molecule has 1 aromatic rings. The molecule has 0 saturated carbocycles. The van der Waals surface area contributed by atoms with Crippen molar-refractivity contribution in [2.45, 2.75) is 47.0 Å². The van der Waals surface area contributed by atoms with E-state index >= 15 is 0 Å². The lowest BCUT2D eigenvalue weighted by atomic mass is 9.48. The van der Waals surface area contributed by atoms with Crippen molar-refractivity contribution in [2.75, 3.05) is 6.51 Å². The number of aliphatic imine (C=N–C) groups is 1. The molecule has 3 unspecified atom stereocenters. The summed E-state index contributed by atoms with van der Waals surface area (Å²) in [5, 5.41) is 0. The number of hydrogen-bond acceptors (Lipinski definition) is 4. The topological polar surface area (TPSA) is 56.8 Å². The van der Waals surface area contributed by atoms with Crippen LogP contribution in [0.2, 0.25) is 5.82 Å². The van der Waals surface area contributed by atoms with E-state index in [2.05, 4.69) is 98.5 Å². The summed E-state index contributed by atoms with van der Waals surface area (Å²) in [4.78, 5) is 4.16. The third kappa shape index (κ3) is 6.51. The monoisotopic (exact) mass is 506 g/mol. The van der Waals surface area contributed by atoms with Gasteiger partial charge in [-0.2, -0.15) is 0 Å². The predicted molar refractivity (Wildman–Crippen MR) is 174 cm³/mol. The van der Waals surface area contributed by atoms with Crippen LogP contribution >= 0.6 is 0 Å². The van der Waals surface area contributed by atoms with Gasteiger partial charge in [0.1, 0.15) is 39.5 Å². The highest BCUT2D eigenvalue weighted by Gasteiger charge is 2.29. The van der Waals surface area contributed by atoms with Crippen LogP contribution in [0.4, 0.5) is 0 Å². The Morgan fingerprint density at radius 1 is 0.921 bits per heavy atom. The van der Waals surface area contributed by atoms with E-state index in [4.69, 9.17) is 15.2 Å². The lowest BCUT2D eigenvalue weighted by Crippen LogP contribution is -2.45. The zero-order valence-electron chi connectivity index (χ0n) is 24.6. The van der Waals surface area contributed by atoms with E-state index < -0.39 is 0 Å². The first-order chi connectivity index (χ1) is 17.9. The summed E-state index contributed by atoms with van der Waals surface area (Å²) >= 11 is 0. The van der Waals surface area contributed by atoms with Crippen LogP contribution in [-0.2, 0) is 16.1 Å². The van der Waals surface area contributed by atoms with Crippen LogP contribution < -0.4 is 22.1 Å². The minimum absolute atomic E-state index is 0.0383. The highest BCUT2D eigenvalue weighted by Crippen LogP contribution is 2.37. The minimum atomic E-state index is -0.134. The standard InChI is InChI=1S/C30H42B4N2O2/c1-19(2)29(4)13-9-23(35)25(11-15-29)37-17-21-7-8-22(28(33)27(21)32)34-20(3)30(5)14-10-24(36-6)26(12-16-30)38-18-31/h7-16,19-20,34H,6,17-18,31-33,35H2,1-5H3. The number of rotatable bonds is 10. The van der Waals surface area contributed by atoms with Crippen LogP contribution in [0.15, 0.2) is 88.6 Å². The Morgan fingerprint density at radius 2 is 1.55 bits per heavy atom. The summed E-state index contributed by atoms with van der Waals surface area (Å²) in [6.07, 6.45) is 16.9. The molecule has 3 atom stereocenters. The molecule has 38 heavy (non-hydrogen) atoms. The van der Waals surface area contributed by atoms with E-state index in [0.29, 0.717) is 30.5 Å². The zero-order valence-corrected chi connectivity index (χ0v) is 24.6. The van der Waals surface area contributed by atoms with E-state index in [9.17, 15) is 0 Å². The van der Waals surface area contributed by atoms with Gasteiger partial charge in [0.15, 0.2) is 15.1 Å². The SMILES string of the molecule is BCOC1=C(N=C)C=CC(C)(C(C)Bc2ccc(COC3=C(N)C=CC(C)(C(C)C)C=C3)c(B)c2B)C=C1. The smallest absolute Gasteiger partial charge is 0.161 e. The average Bonchev–Trinajstić information content (AvgIpc) is 3.14. The Hall–Kier alpha value is -3.01. The second-order valence-corrected chi connectivity index (χ2v) is 11.4. The Morgan fingerprint density at radius 3 is 2.21 bits per heavy atom. The molecule has 0 aliphatic heterocycles.